The number of rotatable bonds is 3. The molecule has 0 radical (unpaired) electrons. The molecule has 2 N–H and O–H groups in total. The van der Waals surface area contributed by atoms with Crippen molar-refractivity contribution in [2.45, 2.75) is 19.9 Å². The average Bonchev–Trinajstić information content (AvgIpc) is 2.93. The molecule has 0 atom stereocenters. The summed E-state index contributed by atoms with van der Waals surface area (Å²) in [6.07, 6.45) is 0.944. The van der Waals surface area contributed by atoms with Crippen molar-refractivity contribution in [1.29, 1.82) is 0 Å². The highest BCUT2D eigenvalue weighted by atomic mass is 32.1. The van der Waals surface area contributed by atoms with E-state index in [0.29, 0.717) is 18.0 Å². The number of hydrogen-bond acceptors (Lipinski definition) is 4. The molecule has 0 saturated carbocycles. The largest absolute Gasteiger partial charge is 0.483 e. The number of nitrogen functional groups attached to an aromatic ring is 1. The smallest absolute Gasteiger partial charge is 0.260 e. The van der Waals surface area contributed by atoms with Gasteiger partial charge in [-0.05, 0) is 54.1 Å². The van der Waals surface area contributed by atoms with Crippen LogP contribution in [-0.4, -0.2) is 24.0 Å². The van der Waals surface area contributed by atoms with Crippen LogP contribution in [0.15, 0.2) is 29.6 Å². The number of ether oxygens (including phenoxy) is 1. The van der Waals surface area contributed by atoms with Crippen molar-refractivity contribution in [2.75, 3.05) is 18.9 Å². The van der Waals surface area contributed by atoms with Crippen LogP contribution in [0.4, 0.5) is 5.69 Å². The number of benzene rings is 1. The van der Waals surface area contributed by atoms with E-state index < -0.39 is 0 Å². The Balaban J connectivity index is 1.60. The van der Waals surface area contributed by atoms with E-state index in [0.717, 1.165) is 18.5 Å². The van der Waals surface area contributed by atoms with Crippen LogP contribution in [0.1, 0.15) is 16.0 Å². The molecular weight excluding hydrogens is 284 g/mol. The van der Waals surface area contributed by atoms with Gasteiger partial charge >= 0.3 is 0 Å². The third-order valence-electron chi connectivity index (χ3n) is 3.71. The third kappa shape index (κ3) is 3.03. The van der Waals surface area contributed by atoms with E-state index in [1.54, 1.807) is 17.4 Å². The molecule has 2 aromatic rings. The fourth-order valence-electron chi connectivity index (χ4n) is 2.53. The Morgan fingerprint density at radius 2 is 2.29 bits per heavy atom. The summed E-state index contributed by atoms with van der Waals surface area (Å²) >= 11 is 1.77. The molecule has 5 heteroatoms. The molecule has 0 unspecified atom stereocenters. The van der Waals surface area contributed by atoms with E-state index in [9.17, 15) is 4.79 Å². The van der Waals surface area contributed by atoms with Crippen LogP contribution in [0.2, 0.25) is 0 Å². The first kappa shape index (κ1) is 13.9. The lowest BCUT2D eigenvalue weighted by atomic mass is 10.1. The van der Waals surface area contributed by atoms with Gasteiger partial charge in [-0.1, -0.05) is 0 Å². The van der Waals surface area contributed by atoms with Gasteiger partial charge in [0, 0.05) is 23.7 Å². The summed E-state index contributed by atoms with van der Waals surface area (Å²) in [4.78, 5) is 15.5. The van der Waals surface area contributed by atoms with Crippen LogP contribution in [-0.2, 0) is 17.8 Å². The van der Waals surface area contributed by atoms with Gasteiger partial charge in [0.25, 0.3) is 5.91 Å². The Hall–Kier alpha value is -2.01. The Kier molecular flexibility index (Phi) is 3.84. The molecular formula is C16H18N2O2S. The highest BCUT2D eigenvalue weighted by molar-refractivity contribution is 7.10. The predicted molar refractivity (Wildman–Crippen MR) is 84.5 cm³/mol. The highest BCUT2D eigenvalue weighted by Gasteiger charge is 2.21. The third-order valence-corrected chi connectivity index (χ3v) is 4.73. The van der Waals surface area contributed by atoms with Gasteiger partial charge in [-0.3, -0.25) is 4.79 Å². The van der Waals surface area contributed by atoms with E-state index in [4.69, 9.17) is 10.5 Å². The van der Waals surface area contributed by atoms with Gasteiger partial charge < -0.3 is 15.4 Å². The molecule has 0 spiro atoms. The molecule has 21 heavy (non-hydrogen) atoms. The molecule has 1 amide bonds. The maximum absolute atomic E-state index is 12.3. The molecule has 3 rings (SSSR count). The van der Waals surface area contributed by atoms with Crippen molar-refractivity contribution in [3.63, 3.8) is 0 Å². The van der Waals surface area contributed by atoms with E-state index in [1.165, 1.54) is 10.4 Å². The molecule has 2 heterocycles. The second kappa shape index (κ2) is 5.77. The molecule has 0 saturated heterocycles. The van der Waals surface area contributed by atoms with E-state index in [2.05, 4.69) is 11.4 Å². The number of hydrogen-bond donors (Lipinski definition) is 1. The zero-order chi connectivity index (χ0) is 14.8. The van der Waals surface area contributed by atoms with Crippen LogP contribution < -0.4 is 10.5 Å². The molecule has 4 nitrogen and oxygen atoms in total. The zero-order valence-corrected chi connectivity index (χ0v) is 12.8. The number of nitrogens with two attached hydrogens (primary N) is 1. The quantitative estimate of drug-likeness (QED) is 0.887. The molecule has 1 aliphatic rings. The lowest BCUT2D eigenvalue weighted by molar-refractivity contribution is -0.134. The van der Waals surface area contributed by atoms with Crippen molar-refractivity contribution >= 4 is 22.9 Å². The van der Waals surface area contributed by atoms with E-state index in [1.807, 2.05) is 24.0 Å². The number of thiophene rings is 1. The van der Waals surface area contributed by atoms with Gasteiger partial charge in [-0.25, -0.2) is 0 Å². The number of carbonyl (C=O) groups excluding carboxylic acids is 1. The number of aryl methyl sites for hydroxylation is 1. The van der Waals surface area contributed by atoms with E-state index in [-0.39, 0.29) is 12.5 Å². The minimum absolute atomic E-state index is 0.0306. The molecule has 110 valence electrons. The molecule has 0 aliphatic carbocycles. The van der Waals surface area contributed by atoms with E-state index >= 15 is 0 Å². The first-order valence-corrected chi connectivity index (χ1v) is 7.83. The lowest BCUT2D eigenvalue weighted by Gasteiger charge is -2.27. The Morgan fingerprint density at radius 3 is 3.10 bits per heavy atom. The van der Waals surface area contributed by atoms with Gasteiger partial charge in [-0.2, -0.15) is 0 Å². The molecule has 1 aromatic carbocycles. The first-order chi connectivity index (χ1) is 10.1. The maximum atomic E-state index is 12.3. The Labute approximate surface area is 128 Å². The van der Waals surface area contributed by atoms with Gasteiger partial charge in [0.05, 0.1) is 0 Å². The summed E-state index contributed by atoms with van der Waals surface area (Å²) in [5, 5.41) is 2.09. The minimum Gasteiger partial charge on any atom is -0.483 e. The maximum Gasteiger partial charge on any atom is 0.260 e. The predicted octanol–water partition coefficient (Wildman–Crippen LogP) is 2.60. The van der Waals surface area contributed by atoms with Crippen LogP contribution in [0.25, 0.3) is 0 Å². The minimum atomic E-state index is 0.0306. The van der Waals surface area contributed by atoms with Crippen molar-refractivity contribution < 1.29 is 9.53 Å². The number of fused-ring (bicyclic) bond motifs is 1. The number of carbonyl (C=O) groups is 1. The summed E-state index contributed by atoms with van der Waals surface area (Å²) in [5.41, 5.74) is 8.62. The molecule has 1 aromatic heterocycles. The van der Waals surface area contributed by atoms with Crippen molar-refractivity contribution in [3.05, 3.63) is 45.6 Å². The average molecular weight is 302 g/mol. The normalized spacial score (nSPS) is 13.9. The fourth-order valence-corrected chi connectivity index (χ4v) is 3.42. The summed E-state index contributed by atoms with van der Waals surface area (Å²) in [6, 6.07) is 7.54. The number of amides is 1. The molecule has 1 aliphatic heterocycles. The van der Waals surface area contributed by atoms with Crippen LogP contribution in [0.3, 0.4) is 0 Å². The Morgan fingerprint density at radius 1 is 1.43 bits per heavy atom. The van der Waals surface area contributed by atoms with Crippen molar-refractivity contribution in [3.8, 4) is 5.75 Å². The topological polar surface area (TPSA) is 55.6 Å². The monoisotopic (exact) mass is 302 g/mol. The molecule has 0 bridgehead atoms. The second-order valence-corrected chi connectivity index (χ2v) is 6.25. The van der Waals surface area contributed by atoms with Crippen molar-refractivity contribution in [2.24, 2.45) is 0 Å². The first-order valence-electron chi connectivity index (χ1n) is 6.95. The van der Waals surface area contributed by atoms with Gasteiger partial charge in [0.15, 0.2) is 6.61 Å². The number of anilines is 1. The molecule has 0 fully saturated rings. The van der Waals surface area contributed by atoms with Crippen LogP contribution in [0, 0.1) is 6.92 Å². The van der Waals surface area contributed by atoms with Gasteiger partial charge in [0.2, 0.25) is 0 Å². The van der Waals surface area contributed by atoms with Gasteiger partial charge in [-0.15, -0.1) is 11.3 Å². The van der Waals surface area contributed by atoms with Gasteiger partial charge in [0.1, 0.15) is 5.75 Å². The lowest BCUT2D eigenvalue weighted by Crippen LogP contribution is -2.38. The van der Waals surface area contributed by atoms with Crippen LogP contribution in [0.5, 0.6) is 5.75 Å². The fraction of sp³-hybridized carbons (Fsp3) is 0.312. The highest BCUT2D eigenvalue weighted by Crippen LogP contribution is 2.24. The summed E-state index contributed by atoms with van der Waals surface area (Å²) in [5.74, 6) is 0.744. The SMILES string of the molecule is Cc1cc(N)ccc1OCC(=O)N1CCc2sccc2C1. The Bertz CT molecular complexity index is 666. The van der Waals surface area contributed by atoms with Crippen LogP contribution >= 0.6 is 11.3 Å². The summed E-state index contributed by atoms with van der Waals surface area (Å²) in [6.45, 7) is 3.47. The summed E-state index contributed by atoms with van der Waals surface area (Å²) < 4.78 is 5.63. The second-order valence-electron chi connectivity index (χ2n) is 5.25. The van der Waals surface area contributed by atoms with Crippen molar-refractivity contribution in [1.82, 2.24) is 4.90 Å². The summed E-state index contributed by atoms with van der Waals surface area (Å²) in [7, 11) is 0. The zero-order valence-electron chi connectivity index (χ0n) is 12.0. The number of nitrogens with zero attached hydrogens (tertiary/aromatic N) is 1. The standard InChI is InChI=1S/C16H18N2O2S/c1-11-8-13(17)2-3-14(11)20-10-16(19)18-6-4-15-12(9-18)5-7-21-15/h2-3,5,7-8H,4,6,9-10,17H2,1H3.